The molecule has 192 valence electrons. The van der Waals surface area contributed by atoms with Gasteiger partial charge in [-0.05, 0) is 44.7 Å². The Morgan fingerprint density at radius 2 is 2.03 bits per heavy atom. The number of piperazine rings is 1. The van der Waals surface area contributed by atoms with Gasteiger partial charge in [0.2, 0.25) is 21.1 Å². The molecular formula is C22H25F2N7O3S2. The summed E-state index contributed by atoms with van der Waals surface area (Å²) >= 11 is 0.731. The maximum Gasteiger partial charge on any atom is 0.291 e. The van der Waals surface area contributed by atoms with E-state index in [0.717, 1.165) is 37.0 Å². The minimum atomic E-state index is -3.86. The number of hydrogen-bond donors (Lipinski definition) is 1. The molecule has 6 rings (SSSR count). The predicted octanol–water partition coefficient (Wildman–Crippen LogP) is 2.85. The summed E-state index contributed by atoms with van der Waals surface area (Å²) in [4.78, 5) is 20.9. The largest absolute Gasteiger partial charge is 0.366 e. The zero-order valence-electron chi connectivity index (χ0n) is 19.5. The van der Waals surface area contributed by atoms with Gasteiger partial charge in [0.25, 0.3) is 6.43 Å². The first kappa shape index (κ1) is 23.7. The fourth-order valence-electron chi connectivity index (χ4n) is 4.99. The van der Waals surface area contributed by atoms with Crippen LogP contribution in [0.2, 0.25) is 0 Å². The van der Waals surface area contributed by atoms with Gasteiger partial charge in [-0.15, -0.1) is 10.2 Å². The minimum absolute atomic E-state index is 0.0534. The molecule has 3 aromatic rings. The first-order chi connectivity index (χ1) is 17.1. The van der Waals surface area contributed by atoms with Crippen LogP contribution in [-0.4, -0.2) is 70.2 Å². The number of benzene rings is 1. The third kappa shape index (κ3) is 4.14. The molecule has 10 nitrogen and oxygen atoms in total. The molecule has 0 bridgehead atoms. The molecule has 1 aliphatic carbocycles. The molecule has 1 aromatic carbocycles. The monoisotopic (exact) mass is 537 g/mol. The molecule has 1 atom stereocenters. The number of anilines is 1. The number of alkyl halides is 2. The SMILES string of the molecule is CC1(NS(=O)(=O)c2cc(N3CCN4C(=O)CCC[C@H]4C3)c3ncn(-c4nnc(C(F)F)s4)c3c2)CC1. The Bertz CT molecular complexity index is 1450. The Labute approximate surface area is 210 Å². The Morgan fingerprint density at radius 3 is 2.75 bits per heavy atom. The molecule has 2 saturated heterocycles. The van der Waals surface area contributed by atoms with E-state index >= 15 is 0 Å². The van der Waals surface area contributed by atoms with E-state index in [2.05, 4.69) is 24.8 Å². The highest BCUT2D eigenvalue weighted by Gasteiger charge is 2.42. The molecule has 4 heterocycles. The molecule has 3 fully saturated rings. The molecule has 1 amide bonds. The summed E-state index contributed by atoms with van der Waals surface area (Å²) in [5.41, 5.74) is 1.14. The zero-order valence-corrected chi connectivity index (χ0v) is 21.2. The molecule has 2 aromatic heterocycles. The van der Waals surface area contributed by atoms with Crippen molar-refractivity contribution in [3.05, 3.63) is 23.5 Å². The van der Waals surface area contributed by atoms with Crippen LogP contribution in [0.5, 0.6) is 0 Å². The molecule has 0 spiro atoms. The molecule has 2 aliphatic heterocycles. The summed E-state index contributed by atoms with van der Waals surface area (Å²) in [5.74, 6) is 0.157. The minimum Gasteiger partial charge on any atom is -0.366 e. The van der Waals surface area contributed by atoms with Crippen molar-refractivity contribution in [3.8, 4) is 5.13 Å². The summed E-state index contributed by atoms with van der Waals surface area (Å²) in [6, 6.07) is 3.18. The van der Waals surface area contributed by atoms with Crippen LogP contribution in [-0.2, 0) is 14.8 Å². The van der Waals surface area contributed by atoms with Crippen molar-refractivity contribution in [2.75, 3.05) is 24.5 Å². The summed E-state index contributed by atoms with van der Waals surface area (Å²) in [6.07, 6.45) is 2.51. The molecule has 0 unspecified atom stereocenters. The average Bonchev–Trinajstić information content (AvgIpc) is 3.23. The lowest BCUT2D eigenvalue weighted by molar-refractivity contribution is -0.136. The summed E-state index contributed by atoms with van der Waals surface area (Å²) in [6.45, 7) is 3.51. The summed E-state index contributed by atoms with van der Waals surface area (Å²) in [7, 11) is -3.86. The number of nitrogens with one attached hydrogen (secondary N) is 1. The van der Waals surface area contributed by atoms with Crippen LogP contribution in [0.1, 0.15) is 50.5 Å². The second-order valence-electron chi connectivity index (χ2n) is 9.89. The van der Waals surface area contributed by atoms with Gasteiger partial charge in [-0.2, -0.15) is 0 Å². The van der Waals surface area contributed by atoms with Gasteiger partial charge in [0.05, 0.1) is 16.1 Å². The van der Waals surface area contributed by atoms with E-state index in [-0.39, 0.29) is 22.0 Å². The molecular weight excluding hydrogens is 512 g/mol. The van der Waals surface area contributed by atoms with E-state index < -0.39 is 27.0 Å². The lowest BCUT2D eigenvalue weighted by atomic mass is 9.98. The van der Waals surface area contributed by atoms with Crippen molar-refractivity contribution < 1.29 is 22.0 Å². The van der Waals surface area contributed by atoms with Crippen molar-refractivity contribution in [2.45, 2.75) is 61.9 Å². The normalized spacial score (nSPS) is 21.9. The quantitative estimate of drug-likeness (QED) is 0.514. The standard InChI is InChI=1S/C22H25F2N7O3S2/c1-22(5-6-22)28-36(33,34)14-9-15(29-7-8-30-13(11-29)3-2-4-17(30)32)18-16(10-14)31(12-25-18)21-27-26-20(35-21)19(23)24/h9-10,12-13,19,28H,2-8,11H2,1H3/t13-/m0/s1. The number of carbonyl (C=O) groups excluding carboxylic acids is 1. The highest BCUT2D eigenvalue weighted by molar-refractivity contribution is 7.89. The number of piperidine rings is 1. The number of sulfonamides is 1. The Morgan fingerprint density at radius 1 is 1.22 bits per heavy atom. The number of amides is 1. The van der Waals surface area contributed by atoms with Gasteiger partial charge >= 0.3 is 0 Å². The van der Waals surface area contributed by atoms with E-state index in [1.165, 1.54) is 17.0 Å². The Kier molecular flexibility index (Phi) is 5.53. The van der Waals surface area contributed by atoms with E-state index in [9.17, 15) is 22.0 Å². The molecule has 0 radical (unpaired) electrons. The number of aromatic nitrogens is 4. The van der Waals surface area contributed by atoms with Crippen molar-refractivity contribution in [2.24, 2.45) is 0 Å². The maximum absolute atomic E-state index is 13.4. The first-order valence-electron chi connectivity index (χ1n) is 11.8. The third-order valence-corrected chi connectivity index (χ3v) is 9.74. The van der Waals surface area contributed by atoms with Crippen molar-refractivity contribution in [3.63, 3.8) is 0 Å². The van der Waals surface area contributed by atoms with Crippen LogP contribution in [0.15, 0.2) is 23.4 Å². The van der Waals surface area contributed by atoms with Gasteiger partial charge in [0.15, 0.2) is 5.01 Å². The fraction of sp³-hybridized carbons (Fsp3) is 0.545. The van der Waals surface area contributed by atoms with Gasteiger partial charge < -0.3 is 9.80 Å². The number of nitrogens with zero attached hydrogens (tertiary/aromatic N) is 6. The first-order valence-corrected chi connectivity index (χ1v) is 14.1. The van der Waals surface area contributed by atoms with Gasteiger partial charge in [0, 0.05) is 37.6 Å². The Hall–Kier alpha value is -2.71. The lowest BCUT2D eigenvalue weighted by Gasteiger charge is -2.44. The lowest BCUT2D eigenvalue weighted by Crippen LogP contribution is -2.57. The number of rotatable bonds is 6. The van der Waals surface area contributed by atoms with Gasteiger partial charge in [-0.3, -0.25) is 9.36 Å². The van der Waals surface area contributed by atoms with Crippen LogP contribution in [0.3, 0.4) is 0 Å². The number of carbonyl (C=O) groups is 1. The van der Waals surface area contributed by atoms with Gasteiger partial charge in [-0.1, -0.05) is 11.3 Å². The number of hydrogen-bond acceptors (Lipinski definition) is 8. The summed E-state index contributed by atoms with van der Waals surface area (Å²) in [5, 5.41) is 7.21. The number of imidazole rings is 1. The molecule has 3 aliphatic rings. The topological polar surface area (TPSA) is 113 Å². The van der Waals surface area contributed by atoms with Crippen LogP contribution < -0.4 is 9.62 Å². The molecule has 1 saturated carbocycles. The third-order valence-electron chi connectivity index (χ3n) is 7.19. The molecule has 14 heteroatoms. The van der Waals surface area contributed by atoms with Crippen LogP contribution >= 0.6 is 11.3 Å². The Balaban J connectivity index is 1.45. The van der Waals surface area contributed by atoms with Gasteiger partial charge in [-0.25, -0.2) is 26.9 Å². The highest BCUT2D eigenvalue weighted by Crippen LogP contribution is 2.38. The second-order valence-corrected chi connectivity index (χ2v) is 12.6. The molecule has 36 heavy (non-hydrogen) atoms. The number of halogens is 2. The van der Waals surface area contributed by atoms with E-state index in [4.69, 9.17) is 0 Å². The second kappa shape index (κ2) is 8.42. The maximum atomic E-state index is 13.4. The predicted molar refractivity (Wildman–Crippen MR) is 129 cm³/mol. The average molecular weight is 538 g/mol. The number of fused-ring (bicyclic) bond motifs is 2. The van der Waals surface area contributed by atoms with E-state index in [1.54, 1.807) is 6.07 Å². The fourth-order valence-corrected chi connectivity index (χ4v) is 7.18. The van der Waals surface area contributed by atoms with Crippen LogP contribution in [0.25, 0.3) is 16.2 Å². The van der Waals surface area contributed by atoms with E-state index in [1.807, 2.05) is 11.8 Å². The van der Waals surface area contributed by atoms with E-state index in [0.29, 0.717) is 42.8 Å². The molecule has 1 N–H and O–H groups in total. The van der Waals surface area contributed by atoms with Crippen LogP contribution in [0, 0.1) is 0 Å². The summed E-state index contributed by atoms with van der Waals surface area (Å²) < 4.78 is 57.3. The van der Waals surface area contributed by atoms with Crippen molar-refractivity contribution >= 4 is 44.0 Å². The highest BCUT2D eigenvalue weighted by atomic mass is 32.2. The van der Waals surface area contributed by atoms with Crippen molar-refractivity contribution in [1.29, 1.82) is 0 Å². The van der Waals surface area contributed by atoms with Gasteiger partial charge in [0.1, 0.15) is 11.8 Å². The van der Waals surface area contributed by atoms with Crippen molar-refractivity contribution in [1.82, 2.24) is 29.4 Å². The van der Waals surface area contributed by atoms with Crippen LogP contribution in [0.4, 0.5) is 14.5 Å². The zero-order chi connectivity index (χ0) is 25.2. The smallest absolute Gasteiger partial charge is 0.291 e.